The van der Waals surface area contributed by atoms with Gasteiger partial charge in [-0.05, 0) is 24.3 Å². The second kappa shape index (κ2) is 4.11. The fourth-order valence-corrected chi connectivity index (χ4v) is 1.65. The summed E-state index contributed by atoms with van der Waals surface area (Å²) in [6.45, 7) is 0.362. The van der Waals surface area contributed by atoms with Crippen LogP contribution in [-0.2, 0) is 0 Å². The molecule has 1 atom stereocenters. The van der Waals surface area contributed by atoms with E-state index in [0.29, 0.717) is 12.2 Å². The zero-order chi connectivity index (χ0) is 11.5. The van der Waals surface area contributed by atoms with Gasteiger partial charge in [0.25, 0.3) is 0 Å². The maximum absolute atomic E-state index is 11.5. The van der Waals surface area contributed by atoms with Gasteiger partial charge in [-0.1, -0.05) is 0 Å². The van der Waals surface area contributed by atoms with Crippen LogP contribution < -0.4 is 15.0 Å². The zero-order valence-electron chi connectivity index (χ0n) is 8.80. The molecule has 1 unspecified atom stereocenters. The number of urea groups is 1. The first kappa shape index (κ1) is 10.3. The number of methoxy groups -OCH3 is 1. The lowest BCUT2D eigenvalue weighted by Gasteiger charge is -2.17. The summed E-state index contributed by atoms with van der Waals surface area (Å²) in [6.07, 6.45) is 0. The van der Waals surface area contributed by atoms with E-state index in [2.05, 4.69) is 11.4 Å². The fraction of sp³-hybridized carbons (Fsp3) is 0.273. The average Bonchev–Trinajstić information content (AvgIpc) is 2.70. The number of carbonyl (C=O) groups is 1. The van der Waals surface area contributed by atoms with Gasteiger partial charge in [0.15, 0.2) is 0 Å². The molecule has 0 saturated carbocycles. The van der Waals surface area contributed by atoms with Crippen LogP contribution in [0.1, 0.15) is 0 Å². The number of benzene rings is 1. The van der Waals surface area contributed by atoms with Gasteiger partial charge in [0.05, 0.1) is 19.7 Å². The summed E-state index contributed by atoms with van der Waals surface area (Å²) in [4.78, 5) is 13.0. The molecule has 1 heterocycles. The minimum atomic E-state index is -0.444. The Bertz CT molecular complexity index is 436. The number of ether oxygens (including phenoxy) is 1. The lowest BCUT2D eigenvalue weighted by atomic mass is 10.2. The quantitative estimate of drug-likeness (QED) is 0.807. The molecule has 0 radical (unpaired) electrons. The Morgan fingerprint density at radius 3 is 2.75 bits per heavy atom. The molecule has 0 aromatic heterocycles. The van der Waals surface area contributed by atoms with Crippen molar-refractivity contribution in [2.75, 3.05) is 18.6 Å². The Balaban J connectivity index is 2.28. The third-order valence-corrected chi connectivity index (χ3v) is 2.48. The first-order valence-electron chi connectivity index (χ1n) is 4.87. The Kier molecular flexibility index (Phi) is 2.64. The van der Waals surface area contributed by atoms with Crippen LogP contribution in [0.25, 0.3) is 0 Å². The molecule has 1 aromatic rings. The summed E-state index contributed by atoms with van der Waals surface area (Å²) in [5, 5.41) is 11.5. The molecule has 0 bridgehead atoms. The van der Waals surface area contributed by atoms with E-state index < -0.39 is 6.04 Å². The molecule has 1 saturated heterocycles. The third kappa shape index (κ3) is 1.65. The van der Waals surface area contributed by atoms with Crippen molar-refractivity contribution in [3.63, 3.8) is 0 Å². The van der Waals surface area contributed by atoms with Crippen LogP contribution in [0, 0.1) is 11.3 Å². The fourth-order valence-electron chi connectivity index (χ4n) is 1.65. The highest BCUT2D eigenvalue weighted by molar-refractivity contribution is 5.95. The maximum atomic E-state index is 11.5. The normalized spacial score (nSPS) is 19.1. The molecule has 1 aliphatic heterocycles. The van der Waals surface area contributed by atoms with Crippen LogP contribution in [0.5, 0.6) is 5.75 Å². The number of nitrogens with one attached hydrogen (secondary N) is 1. The highest BCUT2D eigenvalue weighted by Gasteiger charge is 2.31. The van der Waals surface area contributed by atoms with E-state index in [1.807, 2.05) is 0 Å². The van der Waals surface area contributed by atoms with E-state index in [-0.39, 0.29) is 6.03 Å². The van der Waals surface area contributed by atoms with E-state index >= 15 is 0 Å². The molecule has 5 nitrogen and oxygen atoms in total. The zero-order valence-corrected chi connectivity index (χ0v) is 8.80. The van der Waals surface area contributed by atoms with Crippen molar-refractivity contribution in [2.24, 2.45) is 0 Å². The molecular weight excluding hydrogens is 206 g/mol. The van der Waals surface area contributed by atoms with E-state index in [9.17, 15) is 4.79 Å². The summed E-state index contributed by atoms with van der Waals surface area (Å²) in [5.74, 6) is 0.719. The first-order chi connectivity index (χ1) is 7.76. The molecule has 2 rings (SSSR count). The van der Waals surface area contributed by atoms with Crippen molar-refractivity contribution in [2.45, 2.75) is 6.04 Å². The topological polar surface area (TPSA) is 65.4 Å². The highest BCUT2D eigenvalue weighted by Crippen LogP contribution is 2.23. The molecule has 0 aliphatic carbocycles. The second-order valence-corrected chi connectivity index (χ2v) is 3.40. The van der Waals surface area contributed by atoms with Gasteiger partial charge in [0, 0.05) is 5.69 Å². The van der Waals surface area contributed by atoms with Gasteiger partial charge in [-0.25, -0.2) is 4.79 Å². The SMILES string of the molecule is COc1ccc(N2C(=O)NCC2C#N)cc1. The van der Waals surface area contributed by atoms with Crippen molar-refractivity contribution in [1.29, 1.82) is 5.26 Å². The number of anilines is 1. The molecule has 16 heavy (non-hydrogen) atoms. The van der Waals surface area contributed by atoms with E-state index in [1.165, 1.54) is 4.90 Å². The molecule has 5 heteroatoms. The Morgan fingerprint density at radius 1 is 1.50 bits per heavy atom. The summed E-state index contributed by atoms with van der Waals surface area (Å²) in [6, 6.07) is 8.43. The van der Waals surface area contributed by atoms with Gasteiger partial charge in [-0.3, -0.25) is 4.90 Å². The highest BCUT2D eigenvalue weighted by atomic mass is 16.5. The standard InChI is InChI=1S/C11H11N3O2/c1-16-10-4-2-8(3-5-10)14-9(6-12)7-13-11(14)15/h2-5,9H,7H2,1H3,(H,13,15). The molecule has 0 spiro atoms. The van der Waals surface area contributed by atoms with E-state index in [4.69, 9.17) is 10.00 Å². The first-order valence-corrected chi connectivity index (χ1v) is 4.87. The van der Waals surface area contributed by atoms with Crippen LogP contribution >= 0.6 is 0 Å². The van der Waals surface area contributed by atoms with Crippen molar-refractivity contribution in [1.82, 2.24) is 5.32 Å². The second-order valence-electron chi connectivity index (χ2n) is 3.40. The molecule has 82 valence electrons. The molecule has 1 fully saturated rings. The molecular formula is C11H11N3O2. The van der Waals surface area contributed by atoms with Gasteiger partial charge >= 0.3 is 6.03 Å². The average molecular weight is 217 g/mol. The summed E-state index contributed by atoms with van der Waals surface area (Å²) < 4.78 is 5.03. The summed E-state index contributed by atoms with van der Waals surface area (Å²) in [7, 11) is 1.58. The van der Waals surface area contributed by atoms with Gasteiger partial charge in [-0.15, -0.1) is 0 Å². The van der Waals surface area contributed by atoms with Crippen LogP contribution in [0.2, 0.25) is 0 Å². The number of nitriles is 1. The van der Waals surface area contributed by atoms with Crippen molar-refractivity contribution in [3.8, 4) is 11.8 Å². The van der Waals surface area contributed by atoms with Gasteiger partial charge in [0.2, 0.25) is 0 Å². The van der Waals surface area contributed by atoms with Crippen molar-refractivity contribution in [3.05, 3.63) is 24.3 Å². The lowest BCUT2D eigenvalue weighted by Crippen LogP contribution is -2.33. The number of hydrogen-bond acceptors (Lipinski definition) is 3. The molecule has 1 aromatic carbocycles. The number of rotatable bonds is 2. The van der Waals surface area contributed by atoms with Crippen LogP contribution in [-0.4, -0.2) is 25.7 Å². The monoisotopic (exact) mass is 217 g/mol. The van der Waals surface area contributed by atoms with Crippen LogP contribution in [0.3, 0.4) is 0 Å². The number of hydrogen-bond donors (Lipinski definition) is 1. The van der Waals surface area contributed by atoms with Gasteiger partial charge in [0.1, 0.15) is 11.8 Å². The molecule has 1 N–H and O–H groups in total. The largest absolute Gasteiger partial charge is 0.497 e. The summed E-state index contributed by atoms with van der Waals surface area (Å²) in [5.41, 5.74) is 0.697. The van der Waals surface area contributed by atoms with Crippen molar-refractivity contribution < 1.29 is 9.53 Å². The van der Waals surface area contributed by atoms with Crippen LogP contribution in [0.4, 0.5) is 10.5 Å². The minimum Gasteiger partial charge on any atom is -0.497 e. The number of carbonyl (C=O) groups excluding carboxylic acids is 1. The smallest absolute Gasteiger partial charge is 0.323 e. The minimum absolute atomic E-state index is 0.239. The van der Waals surface area contributed by atoms with Crippen molar-refractivity contribution >= 4 is 11.7 Å². The number of nitrogens with zero attached hydrogens (tertiary/aromatic N) is 2. The predicted molar refractivity (Wildman–Crippen MR) is 58.3 cm³/mol. The van der Waals surface area contributed by atoms with E-state index in [0.717, 1.165) is 5.75 Å². The Morgan fingerprint density at radius 2 is 2.19 bits per heavy atom. The molecule has 1 aliphatic rings. The number of amides is 2. The Labute approximate surface area is 93.2 Å². The lowest BCUT2D eigenvalue weighted by molar-refractivity contribution is 0.252. The van der Waals surface area contributed by atoms with Gasteiger partial charge < -0.3 is 10.1 Å². The van der Waals surface area contributed by atoms with E-state index in [1.54, 1.807) is 31.4 Å². The van der Waals surface area contributed by atoms with Crippen LogP contribution in [0.15, 0.2) is 24.3 Å². The Hall–Kier alpha value is -2.22. The maximum Gasteiger partial charge on any atom is 0.323 e. The molecule has 2 amide bonds. The van der Waals surface area contributed by atoms with Gasteiger partial charge in [-0.2, -0.15) is 5.26 Å². The third-order valence-electron chi connectivity index (χ3n) is 2.48. The summed E-state index contributed by atoms with van der Waals surface area (Å²) >= 11 is 0. The predicted octanol–water partition coefficient (Wildman–Crippen LogP) is 1.12.